The molecule has 4 rings (SSSR count). The Labute approximate surface area is 177 Å². The molecule has 2 heterocycles. The Morgan fingerprint density at radius 1 is 1.23 bits per heavy atom. The number of hydrogen-bond donors (Lipinski definition) is 5. The maximum atomic E-state index is 12.3. The molecule has 0 unspecified atom stereocenters. The third-order valence-corrected chi connectivity index (χ3v) is 4.61. The number of anilines is 1. The van der Waals surface area contributed by atoms with E-state index in [1.165, 1.54) is 4.57 Å². The van der Waals surface area contributed by atoms with E-state index < -0.39 is 6.09 Å². The van der Waals surface area contributed by atoms with Crippen molar-refractivity contribution in [3.05, 3.63) is 52.2 Å². The highest BCUT2D eigenvalue weighted by Crippen LogP contribution is 2.27. The second kappa shape index (κ2) is 9.74. The van der Waals surface area contributed by atoms with Gasteiger partial charge in [-0.05, 0) is 31.2 Å². The number of nitrogens with one attached hydrogen (secondary N) is 3. The van der Waals surface area contributed by atoms with Crippen LogP contribution >= 0.6 is 0 Å². The van der Waals surface area contributed by atoms with Gasteiger partial charge in [-0.1, -0.05) is 30.3 Å². The number of nitrogens with zero attached hydrogens (tertiary/aromatic N) is 3. The van der Waals surface area contributed by atoms with E-state index in [4.69, 9.17) is 10.8 Å². The van der Waals surface area contributed by atoms with Crippen LogP contribution < -0.4 is 22.1 Å². The van der Waals surface area contributed by atoms with E-state index in [0.29, 0.717) is 36.7 Å². The highest BCUT2D eigenvalue weighted by Gasteiger charge is 2.23. The molecule has 0 bridgehead atoms. The summed E-state index contributed by atoms with van der Waals surface area (Å²) in [5.74, 6) is 0.242. The van der Waals surface area contributed by atoms with Crippen molar-refractivity contribution in [1.82, 2.24) is 30.2 Å². The number of imidazole rings is 1. The van der Waals surface area contributed by atoms with Crippen molar-refractivity contribution < 1.29 is 14.7 Å². The van der Waals surface area contributed by atoms with Crippen LogP contribution in [0.25, 0.3) is 11.2 Å². The average Bonchev–Trinajstić information content (AvgIpc) is 3.52. The number of aromatic nitrogens is 4. The maximum Gasteiger partial charge on any atom is 0.404 e. The number of aromatic amines is 1. The van der Waals surface area contributed by atoms with E-state index in [1.54, 1.807) is 6.92 Å². The lowest BCUT2D eigenvalue weighted by Crippen LogP contribution is -2.28. The lowest BCUT2D eigenvalue weighted by molar-refractivity contribution is 0.0941. The van der Waals surface area contributed by atoms with Crippen molar-refractivity contribution >= 4 is 29.0 Å². The van der Waals surface area contributed by atoms with Gasteiger partial charge in [-0.25, -0.2) is 19.6 Å². The Kier molecular flexibility index (Phi) is 6.85. The molecule has 6 N–H and O–H groups in total. The van der Waals surface area contributed by atoms with E-state index in [-0.39, 0.29) is 23.2 Å². The number of nitrogens with two attached hydrogens (primary N) is 1. The normalized spacial score (nSPS) is 12.7. The first-order chi connectivity index (χ1) is 14.9. The zero-order valence-electron chi connectivity index (χ0n) is 17.1. The van der Waals surface area contributed by atoms with E-state index in [0.717, 1.165) is 18.4 Å². The summed E-state index contributed by atoms with van der Waals surface area (Å²) in [5, 5.41) is 12.7. The maximum absolute atomic E-state index is 12.3. The average molecular weight is 427 g/mol. The van der Waals surface area contributed by atoms with Gasteiger partial charge < -0.3 is 26.5 Å². The molecule has 0 saturated heterocycles. The fraction of sp³-hybridized carbons (Fsp3) is 0.350. The number of fused-ring (bicyclic) bond motifs is 1. The van der Waals surface area contributed by atoms with Crippen molar-refractivity contribution in [3.8, 4) is 0 Å². The van der Waals surface area contributed by atoms with Gasteiger partial charge in [-0.3, -0.25) is 9.36 Å². The molecule has 1 fully saturated rings. The smallest absolute Gasteiger partial charge is 0.404 e. The van der Waals surface area contributed by atoms with Crippen molar-refractivity contribution in [2.24, 2.45) is 5.92 Å². The number of H-pyrrole nitrogens is 1. The minimum atomic E-state index is -0.961. The van der Waals surface area contributed by atoms with Crippen LogP contribution in [0.15, 0.2) is 35.1 Å². The molecule has 1 aromatic carbocycles. The summed E-state index contributed by atoms with van der Waals surface area (Å²) in [6.45, 7) is 3.16. The largest absolute Gasteiger partial charge is 0.465 e. The first kappa shape index (κ1) is 21.8. The van der Waals surface area contributed by atoms with Gasteiger partial charge in [0.2, 0.25) is 5.82 Å². The molecule has 1 saturated carbocycles. The van der Waals surface area contributed by atoms with Gasteiger partial charge >= 0.3 is 11.8 Å². The molecule has 164 valence electrons. The summed E-state index contributed by atoms with van der Waals surface area (Å²) in [7, 11) is 0. The molecule has 1 aliphatic carbocycles. The molecule has 1 aliphatic rings. The van der Waals surface area contributed by atoms with E-state index in [2.05, 4.69) is 25.6 Å². The second-order valence-corrected chi connectivity index (χ2v) is 7.12. The molecule has 0 radical (unpaired) electrons. The van der Waals surface area contributed by atoms with Crippen LogP contribution in [0.4, 0.5) is 10.6 Å². The summed E-state index contributed by atoms with van der Waals surface area (Å²) < 4.78 is 1.46. The van der Waals surface area contributed by atoms with Crippen LogP contribution in [0.5, 0.6) is 0 Å². The predicted molar refractivity (Wildman–Crippen MR) is 115 cm³/mol. The topological polar surface area (TPSA) is 168 Å². The van der Waals surface area contributed by atoms with Gasteiger partial charge in [0.25, 0.3) is 5.91 Å². The lowest BCUT2D eigenvalue weighted by Gasteiger charge is -2.06. The summed E-state index contributed by atoms with van der Waals surface area (Å²) in [6.07, 6.45) is 1.31. The fourth-order valence-electron chi connectivity index (χ4n) is 2.86. The third-order valence-electron chi connectivity index (χ3n) is 4.61. The monoisotopic (exact) mass is 427 g/mol. The number of rotatable bonds is 6. The minimum Gasteiger partial charge on any atom is -0.465 e. The molecule has 31 heavy (non-hydrogen) atoms. The van der Waals surface area contributed by atoms with Crippen LogP contribution in [-0.2, 0) is 6.54 Å². The molecule has 3 aromatic rings. The highest BCUT2D eigenvalue weighted by atomic mass is 16.4. The first-order valence-corrected chi connectivity index (χ1v) is 9.94. The molecule has 11 nitrogen and oxygen atoms in total. The van der Waals surface area contributed by atoms with Crippen molar-refractivity contribution in [2.45, 2.75) is 26.3 Å². The number of benzene rings is 1. The van der Waals surface area contributed by atoms with Gasteiger partial charge in [0.15, 0.2) is 11.5 Å². The fourth-order valence-corrected chi connectivity index (χ4v) is 2.86. The highest BCUT2D eigenvalue weighted by molar-refractivity contribution is 5.94. The molecule has 2 amide bonds. The van der Waals surface area contributed by atoms with E-state index in [9.17, 15) is 14.4 Å². The van der Waals surface area contributed by atoms with Crippen LogP contribution in [0, 0.1) is 5.92 Å². The van der Waals surface area contributed by atoms with E-state index in [1.807, 2.05) is 30.3 Å². The molecule has 0 aliphatic heterocycles. The van der Waals surface area contributed by atoms with Gasteiger partial charge in [-0.2, -0.15) is 0 Å². The Morgan fingerprint density at radius 2 is 1.94 bits per heavy atom. The second-order valence-electron chi connectivity index (χ2n) is 7.12. The predicted octanol–water partition coefficient (Wildman–Crippen LogP) is 1.16. The number of carbonyl (C=O) groups excluding carboxylic acids is 1. The Hall–Kier alpha value is -3.89. The summed E-state index contributed by atoms with van der Waals surface area (Å²) >= 11 is 0. The Morgan fingerprint density at radius 3 is 2.52 bits per heavy atom. The molecular formula is C20H25N7O4. The van der Waals surface area contributed by atoms with Gasteiger partial charge in [0.1, 0.15) is 5.52 Å². The van der Waals surface area contributed by atoms with Crippen molar-refractivity contribution in [1.29, 1.82) is 0 Å². The van der Waals surface area contributed by atoms with E-state index >= 15 is 0 Å². The zero-order chi connectivity index (χ0) is 22.4. The number of hydrogen-bond acceptors (Lipinski definition) is 6. The van der Waals surface area contributed by atoms with Crippen LogP contribution in [0.2, 0.25) is 0 Å². The standard InChI is InChI=1S/C17H18N6O2.C3H7NO2/c18-13-12-15(22-14(21-13)16(24)19-8-10-6-7-10)23(17(25)20-12)9-11-4-2-1-3-5-11;1-2-4-3(5)6/h1-5,10H,6-9H2,(H,19,24)(H,20,25)(H2,18,21,22);4H,2H2,1H3,(H,5,6). The van der Waals surface area contributed by atoms with Gasteiger partial charge in [-0.15, -0.1) is 0 Å². The minimum absolute atomic E-state index is 0.0218. The van der Waals surface area contributed by atoms with Crippen LogP contribution in [0.1, 0.15) is 35.9 Å². The summed E-state index contributed by atoms with van der Waals surface area (Å²) in [5.41, 5.74) is 7.21. The first-order valence-electron chi connectivity index (χ1n) is 9.94. The Bertz CT molecular complexity index is 1120. The molecule has 0 atom stereocenters. The molecule has 11 heteroatoms. The van der Waals surface area contributed by atoms with Gasteiger partial charge in [0, 0.05) is 13.1 Å². The van der Waals surface area contributed by atoms with Crippen LogP contribution in [-0.4, -0.2) is 49.7 Å². The Balaban J connectivity index is 0.000000401. The number of carbonyl (C=O) groups is 2. The van der Waals surface area contributed by atoms with Crippen LogP contribution in [0.3, 0.4) is 0 Å². The summed E-state index contributed by atoms with van der Waals surface area (Å²) in [4.78, 5) is 45.0. The lowest BCUT2D eigenvalue weighted by atomic mass is 10.2. The van der Waals surface area contributed by atoms with Crippen molar-refractivity contribution in [2.75, 3.05) is 18.8 Å². The summed E-state index contributed by atoms with van der Waals surface area (Å²) in [6, 6.07) is 9.53. The third kappa shape index (κ3) is 5.81. The molecule has 2 aromatic heterocycles. The molecular weight excluding hydrogens is 402 g/mol. The van der Waals surface area contributed by atoms with Gasteiger partial charge in [0.05, 0.1) is 6.54 Å². The molecule has 0 spiro atoms. The SMILES string of the molecule is CCNC(=O)O.Nc1nc(C(=O)NCC2CC2)nc2c1[nH]c(=O)n2Cc1ccccc1. The quantitative estimate of drug-likeness (QED) is 0.393. The number of amides is 2. The number of nitrogen functional groups attached to an aromatic ring is 1. The van der Waals surface area contributed by atoms with Crippen molar-refractivity contribution in [3.63, 3.8) is 0 Å². The zero-order valence-corrected chi connectivity index (χ0v) is 17.1. The number of carboxylic acid groups (broad SMARTS) is 1.